The van der Waals surface area contributed by atoms with Gasteiger partial charge in [0.1, 0.15) is 11.3 Å². The Morgan fingerprint density at radius 2 is 1.78 bits per heavy atom. The van der Waals surface area contributed by atoms with Crippen molar-refractivity contribution >= 4 is 34.5 Å². The lowest BCUT2D eigenvalue weighted by molar-refractivity contribution is -0.126. The summed E-state index contributed by atoms with van der Waals surface area (Å²) in [4.78, 5) is 43.8. The molecule has 2 saturated heterocycles. The number of anilines is 1. The lowest BCUT2D eigenvalue weighted by Gasteiger charge is -2.37. The zero-order valence-corrected chi connectivity index (χ0v) is 20.7. The van der Waals surface area contributed by atoms with Gasteiger partial charge in [-0.1, -0.05) is 0 Å². The van der Waals surface area contributed by atoms with Crippen LogP contribution in [-0.4, -0.2) is 78.6 Å². The van der Waals surface area contributed by atoms with E-state index in [0.717, 1.165) is 23.9 Å². The van der Waals surface area contributed by atoms with Gasteiger partial charge in [-0.3, -0.25) is 9.59 Å². The lowest BCUT2D eigenvalue weighted by atomic mass is 9.80. The zero-order chi connectivity index (χ0) is 25.5. The fraction of sp³-hybridized carbons (Fsp3) is 0.593. The summed E-state index contributed by atoms with van der Waals surface area (Å²) in [7, 11) is 0. The third-order valence-electron chi connectivity index (χ3n) is 9.53. The Morgan fingerprint density at radius 1 is 1.03 bits per heavy atom. The van der Waals surface area contributed by atoms with E-state index in [2.05, 4.69) is 10.2 Å². The van der Waals surface area contributed by atoms with Crippen LogP contribution in [0, 0.1) is 17.3 Å². The number of fused-ring (bicyclic) bond motifs is 2. The van der Waals surface area contributed by atoms with E-state index in [1.807, 2.05) is 28.0 Å². The number of benzene rings is 1. The van der Waals surface area contributed by atoms with Gasteiger partial charge in [-0.05, 0) is 62.3 Å². The molecule has 10 heteroatoms. The van der Waals surface area contributed by atoms with Crippen LogP contribution in [0.1, 0.15) is 42.7 Å². The van der Waals surface area contributed by atoms with E-state index in [0.29, 0.717) is 64.1 Å². The fourth-order valence-corrected chi connectivity index (χ4v) is 7.16. The highest BCUT2D eigenvalue weighted by Crippen LogP contribution is 2.58. The topological polar surface area (TPSA) is 112 Å². The minimum absolute atomic E-state index is 0.00806. The molecule has 196 valence electrons. The van der Waals surface area contributed by atoms with Crippen molar-refractivity contribution in [3.8, 4) is 0 Å². The second kappa shape index (κ2) is 7.85. The van der Waals surface area contributed by atoms with Gasteiger partial charge in [-0.2, -0.15) is 0 Å². The molecule has 3 heterocycles. The van der Waals surface area contributed by atoms with Crippen LogP contribution < -0.4 is 16.0 Å². The van der Waals surface area contributed by atoms with Crippen molar-refractivity contribution < 1.29 is 23.2 Å². The minimum atomic E-state index is -1.11. The molecule has 6 fully saturated rings. The van der Waals surface area contributed by atoms with E-state index in [-0.39, 0.29) is 41.0 Å². The molecule has 37 heavy (non-hydrogen) atoms. The summed E-state index contributed by atoms with van der Waals surface area (Å²) in [5, 5.41) is 4.05. The van der Waals surface area contributed by atoms with Crippen LogP contribution in [0.2, 0.25) is 0 Å². The van der Waals surface area contributed by atoms with E-state index in [1.165, 1.54) is 0 Å². The Labute approximate surface area is 214 Å². The Morgan fingerprint density at radius 3 is 2.43 bits per heavy atom. The molecule has 2 aliphatic heterocycles. The van der Waals surface area contributed by atoms with E-state index < -0.39 is 11.6 Å². The first-order valence-electron chi connectivity index (χ1n) is 13.3. The van der Waals surface area contributed by atoms with Crippen molar-refractivity contribution in [2.45, 2.75) is 43.8 Å². The van der Waals surface area contributed by atoms with Crippen LogP contribution in [0.15, 0.2) is 28.7 Å². The summed E-state index contributed by atoms with van der Waals surface area (Å²) in [5.74, 6) is -0.483. The molecule has 1 unspecified atom stereocenters. The van der Waals surface area contributed by atoms with E-state index >= 15 is 0 Å². The molecule has 9 nitrogen and oxygen atoms in total. The Bertz CT molecular complexity index is 1290. The summed E-state index contributed by atoms with van der Waals surface area (Å²) < 4.78 is 19.8. The van der Waals surface area contributed by atoms with Gasteiger partial charge < -0.3 is 30.2 Å². The largest absolute Gasteiger partial charge is 0.451 e. The molecule has 2 bridgehead atoms. The molecule has 0 radical (unpaired) electrons. The number of carbonyl (C=O) groups is 3. The number of furan rings is 1. The van der Waals surface area contributed by atoms with E-state index in [4.69, 9.17) is 10.2 Å². The second-order valence-electron chi connectivity index (χ2n) is 11.9. The minimum Gasteiger partial charge on any atom is -0.451 e. The predicted molar refractivity (Wildman–Crippen MR) is 134 cm³/mol. The maximum absolute atomic E-state index is 14.3. The third-order valence-corrected chi connectivity index (χ3v) is 9.53. The van der Waals surface area contributed by atoms with Gasteiger partial charge >= 0.3 is 6.03 Å². The number of likely N-dealkylation sites (tertiary alicyclic amines) is 1. The average Bonchev–Trinajstić information content (AvgIpc) is 3.14. The number of alkyl halides is 1. The average molecular weight is 510 g/mol. The van der Waals surface area contributed by atoms with Crippen LogP contribution in [0.3, 0.4) is 0 Å². The Balaban J connectivity index is 0.961. The molecule has 1 aromatic heterocycles. The summed E-state index contributed by atoms with van der Waals surface area (Å²) in [6.45, 7) is 3.82. The van der Waals surface area contributed by atoms with Gasteiger partial charge in [0.2, 0.25) is 5.91 Å². The molecule has 2 aromatic rings. The van der Waals surface area contributed by atoms with Crippen LogP contribution in [0.4, 0.5) is 14.9 Å². The van der Waals surface area contributed by atoms with E-state index in [9.17, 15) is 18.8 Å². The normalized spacial score (nSPS) is 31.6. The maximum Gasteiger partial charge on any atom is 0.320 e. The number of carbonyl (C=O) groups excluding carboxylic acids is 3. The molecular weight excluding hydrogens is 477 g/mol. The smallest absolute Gasteiger partial charge is 0.320 e. The molecule has 3 N–H and O–H groups in total. The summed E-state index contributed by atoms with van der Waals surface area (Å²) in [6.07, 6.45) is 3.45. The number of amides is 4. The standard InChI is InChI=1S/C27H32FN5O4/c28-27-11-17(12-27)19(13-27)24(35)30-22-14-33(15-26(22)3-4-26)25(36)32-7-5-31(6-8-32)18-1-2-20-16(9-18)10-21(37-20)23(29)34/h1-2,9-10,17,19,22H,3-8,11-15H2,(H2,29,34)(H,30,35)/t17?,19-,22?,27?/m0/s1. The maximum atomic E-state index is 14.3. The number of primary amides is 1. The molecular formula is C27H32FN5O4. The molecule has 2 atom stereocenters. The first kappa shape index (κ1) is 22.9. The molecule has 4 amide bonds. The van der Waals surface area contributed by atoms with Crippen molar-refractivity contribution in [1.29, 1.82) is 0 Å². The van der Waals surface area contributed by atoms with Crippen molar-refractivity contribution in [3.05, 3.63) is 30.0 Å². The SMILES string of the molecule is NC(=O)c1cc2cc(N3CCN(C(=O)N4CC(NC(=O)[C@H]5CC6(F)CC5C6)C5(CC5)C4)CC3)ccc2o1. The number of hydrogen-bond donors (Lipinski definition) is 2. The lowest BCUT2D eigenvalue weighted by Crippen LogP contribution is -2.53. The first-order valence-corrected chi connectivity index (χ1v) is 13.3. The summed E-state index contributed by atoms with van der Waals surface area (Å²) >= 11 is 0. The van der Waals surface area contributed by atoms with Gasteiger partial charge in [0, 0.05) is 61.7 Å². The molecule has 1 spiro atoms. The molecule has 6 aliphatic rings. The molecule has 4 aliphatic carbocycles. The van der Waals surface area contributed by atoms with Crippen LogP contribution >= 0.6 is 0 Å². The Kier molecular flexibility index (Phi) is 4.85. The molecule has 1 aromatic carbocycles. The van der Waals surface area contributed by atoms with Crippen LogP contribution in [0.25, 0.3) is 11.0 Å². The van der Waals surface area contributed by atoms with Crippen molar-refractivity contribution in [1.82, 2.24) is 15.1 Å². The highest BCUT2D eigenvalue weighted by Gasteiger charge is 2.61. The quantitative estimate of drug-likeness (QED) is 0.658. The van der Waals surface area contributed by atoms with E-state index in [1.54, 1.807) is 6.07 Å². The molecule has 4 saturated carbocycles. The predicted octanol–water partition coefficient (Wildman–Crippen LogP) is 2.49. The summed E-state index contributed by atoms with van der Waals surface area (Å²) in [6, 6.07) is 7.42. The van der Waals surface area contributed by atoms with Gasteiger partial charge in [0.05, 0.1) is 6.04 Å². The number of piperazine rings is 1. The zero-order valence-electron chi connectivity index (χ0n) is 20.7. The van der Waals surface area contributed by atoms with Gasteiger partial charge in [-0.25, -0.2) is 9.18 Å². The van der Waals surface area contributed by atoms with Crippen molar-refractivity contribution in [2.24, 2.45) is 23.0 Å². The van der Waals surface area contributed by atoms with Crippen molar-refractivity contribution in [3.63, 3.8) is 0 Å². The second-order valence-corrected chi connectivity index (χ2v) is 11.9. The number of nitrogens with two attached hydrogens (primary N) is 1. The van der Waals surface area contributed by atoms with Gasteiger partial charge in [-0.15, -0.1) is 0 Å². The number of hydrogen-bond acceptors (Lipinski definition) is 5. The fourth-order valence-electron chi connectivity index (χ4n) is 7.16. The number of nitrogens with zero attached hydrogens (tertiary/aromatic N) is 3. The monoisotopic (exact) mass is 509 g/mol. The number of nitrogens with one attached hydrogen (secondary N) is 1. The number of rotatable bonds is 4. The van der Waals surface area contributed by atoms with Crippen molar-refractivity contribution in [2.75, 3.05) is 44.2 Å². The van der Waals surface area contributed by atoms with Crippen LogP contribution in [0.5, 0.6) is 0 Å². The van der Waals surface area contributed by atoms with Crippen LogP contribution in [-0.2, 0) is 4.79 Å². The first-order chi connectivity index (χ1) is 17.7. The Hall–Kier alpha value is -3.30. The van der Waals surface area contributed by atoms with Gasteiger partial charge in [0.25, 0.3) is 5.91 Å². The molecule has 8 rings (SSSR count). The third kappa shape index (κ3) is 3.75. The van der Waals surface area contributed by atoms with Gasteiger partial charge in [0.15, 0.2) is 5.76 Å². The highest BCUT2D eigenvalue weighted by atomic mass is 19.1. The highest BCUT2D eigenvalue weighted by molar-refractivity contribution is 5.95. The number of halogens is 1. The summed E-state index contributed by atoms with van der Waals surface area (Å²) in [5.41, 5.74) is 5.84. The number of urea groups is 1.